The van der Waals surface area contributed by atoms with Crippen LogP contribution in [0.25, 0.3) is 11.1 Å². The largest absolute Gasteiger partial charge is 0.392 e. The van der Waals surface area contributed by atoms with Gasteiger partial charge in [-0.3, -0.25) is 9.59 Å². The van der Waals surface area contributed by atoms with Crippen LogP contribution in [0.3, 0.4) is 0 Å². The maximum absolute atomic E-state index is 12.8. The number of rotatable bonds is 4. The van der Waals surface area contributed by atoms with Crippen LogP contribution in [0, 0.1) is 0 Å². The zero-order valence-corrected chi connectivity index (χ0v) is 17.2. The molecule has 2 amide bonds. The van der Waals surface area contributed by atoms with E-state index in [-0.39, 0.29) is 12.5 Å². The molecule has 0 radical (unpaired) electrons. The summed E-state index contributed by atoms with van der Waals surface area (Å²) in [5.74, 6) is -1.72. The van der Waals surface area contributed by atoms with Gasteiger partial charge in [-0.1, -0.05) is 59.6 Å². The average molecular weight is 441 g/mol. The van der Waals surface area contributed by atoms with Gasteiger partial charge in [0.15, 0.2) is 0 Å². The second kappa shape index (κ2) is 8.11. The van der Waals surface area contributed by atoms with Crippen molar-refractivity contribution < 1.29 is 14.7 Å². The Morgan fingerprint density at radius 3 is 2.47 bits per heavy atom. The van der Waals surface area contributed by atoms with Gasteiger partial charge in [0.2, 0.25) is 5.91 Å². The maximum Gasteiger partial charge on any atom is 0.252 e. The Morgan fingerprint density at radius 2 is 1.77 bits per heavy atom. The number of hydrogen-bond donors (Lipinski definition) is 3. The second-order valence-corrected chi connectivity index (χ2v) is 7.96. The SMILES string of the molecule is NC(=O)[C@@H]1c2cc(-c3ccccc3CO)ccc2C(=O)N[C@H]1c1ccc(Cl)cc1Cl. The molecule has 0 fully saturated rings. The Hall–Kier alpha value is -2.86. The van der Waals surface area contributed by atoms with Gasteiger partial charge in [0.25, 0.3) is 5.91 Å². The van der Waals surface area contributed by atoms with Crippen LogP contribution in [-0.2, 0) is 11.4 Å². The minimum absolute atomic E-state index is 0.129. The third-order valence-electron chi connectivity index (χ3n) is 5.35. The molecule has 1 aliphatic heterocycles. The number of primary amides is 1. The minimum atomic E-state index is -0.822. The quantitative estimate of drug-likeness (QED) is 0.567. The number of nitrogens with two attached hydrogens (primary N) is 1. The molecule has 30 heavy (non-hydrogen) atoms. The summed E-state index contributed by atoms with van der Waals surface area (Å²) in [6.45, 7) is -0.129. The molecule has 5 nitrogen and oxygen atoms in total. The van der Waals surface area contributed by atoms with Crippen molar-refractivity contribution in [3.63, 3.8) is 0 Å². The van der Waals surface area contributed by atoms with Gasteiger partial charge < -0.3 is 16.2 Å². The highest BCUT2D eigenvalue weighted by molar-refractivity contribution is 6.35. The molecule has 2 atom stereocenters. The molecule has 4 rings (SSSR count). The minimum Gasteiger partial charge on any atom is -0.392 e. The first-order chi connectivity index (χ1) is 14.4. The molecule has 152 valence electrons. The Bertz CT molecular complexity index is 1160. The molecule has 0 aromatic heterocycles. The zero-order chi connectivity index (χ0) is 21.4. The fourth-order valence-electron chi connectivity index (χ4n) is 3.94. The Morgan fingerprint density at radius 1 is 1.00 bits per heavy atom. The van der Waals surface area contributed by atoms with E-state index < -0.39 is 17.9 Å². The normalized spacial score (nSPS) is 17.9. The number of aliphatic hydroxyl groups excluding tert-OH is 1. The highest BCUT2D eigenvalue weighted by Crippen LogP contribution is 2.41. The third kappa shape index (κ3) is 3.56. The smallest absolute Gasteiger partial charge is 0.252 e. The number of nitrogens with one attached hydrogen (secondary N) is 1. The van der Waals surface area contributed by atoms with Crippen molar-refractivity contribution in [3.8, 4) is 11.1 Å². The van der Waals surface area contributed by atoms with Crippen molar-refractivity contribution in [1.29, 1.82) is 0 Å². The number of hydrogen-bond acceptors (Lipinski definition) is 3. The molecule has 7 heteroatoms. The van der Waals surface area contributed by atoms with E-state index in [2.05, 4.69) is 5.32 Å². The molecule has 4 N–H and O–H groups in total. The molecular formula is C23H18Cl2N2O3. The number of benzene rings is 3. The molecule has 1 heterocycles. The third-order valence-corrected chi connectivity index (χ3v) is 5.92. The van der Waals surface area contributed by atoms with Crippen LogP contribution in [0.15, 0.2) is 60.7 Å². The van der Waals surface area contributed by atoms with Crippen molar-refractivity contribution >= 4 is 35.0 Å². The fourth-order valence-corrected chi connectivity index (χ4v) is 4.47. The van der Waals surface area contributed by atoms with Gasteiger partial charge in [0.05, 0.1) is 18.6 Å². The Kier molecular flexibility index (Phi) is 5.52. The number of fused-ring (bicyclic) bond motifs is 1. The predicted molar refractivity (Wildman–Crippen MR) is 116 cm³/mol. The first-order valence-electron chi connectivity index (χ1n) is 9.29. The van der Waals surface area contributed by atoms with E-state index in [1.54, 1.807) is 36.4 Å². The van der Waals surface area contributed by atoms with E-state index in [1.807, 2.05) is 24.3 Å². The average Bonchev–Trinajstić information content (AvgIpc) is 2.73. The van der Waals surface area contributed by atoms with Gasteiger partial charge in [0.1, 0.15) is 0 Å². The zero-order valence-electron chi connectivity index (χ0n) is 15.7. The van der Waals surface area contributed by atoms with Crippen molar-refractivity contribution in [2.24, 2.45) is 5.73 Å². The van der Waals surface area contributed by atoms with Crippen LogP contribution in [-0.4, -0.2) is 16.9 Å². The number of aliphatic hydroxyl groups is 1. The molecule has 0 bridgehead atoms. The lowest BCUT2D eigenvalue weighted by molar-refractivity contribution is -0.120. The van der Waals surface area contributed by atoms with Gasteiger partial charge in [-0.05, 0) is 52.1 Å². The summed E-state index contributed by atoms with van der Waals surface area (Å²) < 4.78 is 0. The van der Waals surface area contributed by atoms with Crippen molar-refractivity contribution in [2.45, 2.75) is 18.6 Å². The lowest BCUT2D eigenvalue weighted by atomic mass is 9.79. The lowest BCUT2D eigenvalue weighted by Gasteiger charge is -2.33. The van der Waals surface area contributed by atoms with Crippen LogP contribution in [0.2, 0.25) is 10.0 Å². The Labute approximate surface area is 183 Å². The van der Waals surface area contributed by atoms with Crippen molar-refractivity contribution in [1.82, 2.24) is 5.32 Å². The van der Waals surface area contributed by atoms with Crippen LogP contribution in [0.5, 0.6) is 0 Å². The molecule has 0 aliphatic carbocycles. The van der Waals surface area contributed by atoms with Crippen LogP contribution >= 0.6 is 23.2 Å². The van der Waals surface area contributed by atoms with Crippen LogP contribution in [0.4, 0.5) is 0 Å². The van der Waals surface area contributed by atoms with Gasteiger partial charge in [0, 0.05) is 15.6 Å². The maximum atomic E-state index is 12.8. The van der Waals surface area contributed by atoms with Gasteiger partial charge in [-0.2, -0.15) is 0 Å². The summed E-state index contributed by atoms with van der Waals surface area (Å²) in [6, 6.07) is 16.8. The topological polar surface area (TPSA) is 92.4 Å². The highest BCUT2D eigenvalue weighted by atomic mass is 35.5. The summed E-state index contributed by atoms with van der Waals surface area (Å²) >= 11 is 12.4. The van der Waals surface area contributed by atoms with Crippen LogP contribution < -0.4 is 11.1 Å². The van der Waals surface area contributed by atoms with E-state index in [1.165, 1.54) is 0 Å². The Balaban J connectivity index is 1.88. The highest BCUT2D eigenvalue weighted by Gasteiger charge is 2.39. The van der Waals surface area contributed by atoms with E-state index >= 15 is 0 Å². The predicted octanol–water partition coefficient (Wildman–Crippen LogP) is 4.21. The summed E-state index contributed by atoms with van der Waals surface area (Å²) in [6.07, 6.45) is 0. The molecule has 1 aliphatic rings. The van der Waals surface area contributed by atoms with Crippen LogP contribution in [0.1, 0.15) is 39.0 Å². The van der Waals surface area contributed by atoms with Gasteiger partial charge in [-0.15, -0.1) is 0 Å². The lowest BCUT2D eigenvalue weighted by Crippen LogP contribution is -2.43. The van der Waals surface area contributed by atoms with E-state index in [0.717, 1.165) is 16.7 Å². The first-order valence-corrected chi connectivity index (χ1v) is 10.0. The standard InChI is InChI=1S/C23H18Cl2N2O3/c24-14-6-8-17(19(25)10-14)21-20(22(26)29)18-9-12(5-7-16(18)23(30)27-21)15-4-2-1-3-13(15)11-28/h1-10,20-21,28H,11H2,(H2,26,29)(H,27,30)/t20-,21+/m1/s1. The second-order valence-electron chi connectivity index (χ2n) is 7.11. The molecule has 3 aromatic rings. The molecule has 3 aromatic carbocycles. The number of amides is 2. The molecule has 0 unspecified atom stereocenters. The fraction of sp³-hybridized carbons (Fsp3) is 0.130. The summed E-state index contributed by atoms with van der Waals surface area (Å²) in [4.78, 5) is 25.3. The summed E-state index contributed by atoms with van der Waals surface area (Å²) in [5, 5.41) is 13.3. The van der Waals surface area contributed by atoms with Gasteiger partial charge in [-0.25, -0.2) is 0 Å². The summed E-state index contributed by atoms with van der Waals surface area (Å²) in [7, 11) is 0. The number of carbonyl (C=O) groups is 2. The number of carbonyl (C=O) groups excluding carboxylic acids is 2. The van der Waals surface area contributed by atoms with Crippen molar-refractivity contribution in [3.05, 3.63) is 93.0 Å². The molecule has 0 saturated carbocycles. The van der Waals surface area contributed by atoms with E-state index in [0.29, 0.717) is 26.7 Å². The summed E-state index contributed by atoms with van der Waals surface area (Å²) in [5.41, 5.74) is 9.58. The monoisotopic (exact) mass is 440 g/mol. The molecular weight excluding hydrogens is 423 g/mol. The molecule has 0 spiro atoms. The van der Waals surface area contributed by atoms with E-state index in [9.17, 15) is 14.7 Å². The first kappa shape index (κ1) is 20.4. The van der Waals surface area contributed by atoms with Gasteiger partial charge >= 0.3 is 0 Å². The van der Waals surface area contributed by atoms with Crippen molar-refractivity contribution in [2.75, 3.05) is 0 Å². The number of halogens is 2. The van der Waals surface area contributed by atoms with E-state index in [4.69, 9.17) is 28.9 Å². The molecule has 0 saturated heterocycles.